The van der Waals surface area contributed by atoms with E-state index in [1.54, 1.807) is 0 Å². The normalized spacial score (nSPS) is 20.1. The summed E-state index contributed by atoms with van der Waals surface area (Å²) in [5.41, 5.74) is 5.63. The lowest BCUT2D eigenvalue weighted by Gasteiger charge is -2.23. The van der Waals surface area contributed by atoms with E-state index in [-0.39, 0.29) is 0 Å². The summed E-state index contributed by atoms with van der Waals surface area (Å²) in [5, 5.41) is 0. The van der Waals surface area contributed by atoms with E-state index in [9.17, 15) is 4.79 Å². The van der Waals surface area contributed by atoms with Crippen LogP contribution in [0, 0.1) is 5.92 Å². The molecule has 0 saturated carbocycles. The van der Waals surface area contributed by atoms with Gasteiger partial charge in [0, 0.05) is 19.5 Å². The molecule has 0 aliphatic carbocycles. The first-order valence-corrected chi connectivity index (χ1v) is 7.41. The van der Waals surface area contributed by atoms with Crippen molar-refractivity contribution in [1.29, 1.82) is 0 Å². The molecule has 18 heavy (non-hydrogen) atoms. The Morgan fingerprint density at radius 2 is 1.94 bits per heavy atom. The van der Waals surface area contributed by atoms with Gasteiger partial charge in [0.15, 0.2) is 0 Å². The standard InChI is InChI=1S/C14H29N3O/c1-3-6-16(7-4-2)8-5-9-17-12-13(11-15)10-14(17)18/h13H,3-12,15H2,1-2H3. The first-order valence-electron chi connectivity index (χ1n) is 7.41. The molecule has 1 fully saturated rings. The first kappa shape index (κ1) is 15.4. The zero-order valence-electron chi connectivity index (χ0n) is 12.0. The van der Waals surface area contributed by atoms with Crippen LogP contribution in [0.25, 0.3) is 0 Å². The SMILES string of the molecule is CCCN(CCC)CCCN1CC(CN)CC1=O. The highest BCUT2D eigenvalue weighted by molar-refractivity contribution is 5.78. The van der Waals surface area contributed by atoms with Crippen molar-refractivity contribution in [2.24, 2.45) is 11.7 Å². The number of hydrogen-bond donors (Lipinski definition) is 1. The average molecular weight is 255 g/mol. The Kier molecular flexibility index (Phi) is 7.28. The van der Waals surface area contributed by atoms with Gasteiger partial charge in [-0.3, -0.25) is 4.79 Å². The van der Waals surface area contributed by atoms with E-state index < -0.39 is 0 Å². The molecular weight excluding hydrogens is 226 g/mol. The largest absolute Gasteiger partial charge is 0.342 e. The Bertz CT molecular complexity index is 239. The van der Waals surface area contributed by atoms with E-state index in [0.29, 0.717) is 24.8 Å². The van der Waals surface area contributed by atoms with Gasteiger partial charge in [-0.05, 0) is 51.4 Å². The summed E-state index contributed by atoms with van der Waals surface area (Å²) in [6, 6.07) is 0. The maximum atomic E-state index is 11.7. The maximum absolute atomic E-state index is 11.7. The van der Waals surface area contributed by atoms with Crippen LogP contribution in [0.2, 0.25) is 0 Å². The fourth-order valence-corrected chi connectivity index (χ4v) is 2.68. The summed E-state index contributed by atoms with van der Waals surface area (Å²) in [7, 11) is 0. The zero-order chi connectivity index (χ0) is 13.4. The van der Waals surface area contributed by atoms with Gasteiger partial charge in [0.05, 0.1) is 0 Å². The smallest absolute Gasteiger partial charge is 0.222 e. The molecule has 1 amide bonds. The third-order valence-electron chi connectivity index (χ3n) is 3.61. The van der Waals surface area contributed by atoms with Gasteiger partial charge in [-0.2, -0.15) is 0 Å². The van der Waals surface area contributed by atoms with E-state index in [1.165, 1.54) is 25.9 Å². The summed E-state index contributed by atoms with van der Waals surface area (Å²) < 4.78 is 0. The molecule has 1 atom stereocenters. The minimum Gasteiger partial charge on any atom is -0.342 e. The van der Waals surface area contributed by atoms with E-state index in [0.717, 1.165) is 26.1 Å². The van der Waals surface area contributed by atoms with E-state index in [2.05, 4.69) is 18.7 Å². The van der Waals surface area contributed by atoms with Crippen LogP contribution in [0.4, 0.5) is 0 Å². The summed E-state index contributed by atoms with van der Waals surface area (Å²) >= 11 is 0. The third-order valence-corrected chi connectivity index (χ3v) is 3.61. The molecule has 1 aliphatic rings. The molecule has 1 rings (SSSR count). The van der Waals surface area contributed by atoms with Gasteiger partial charge in [0.25, 0.3) is 0 Å². The van der Waals surface area contributed by atoms with Gasteiger partial charge in [-0.1, -0.05) is 13.8 Å². The molecule has 1 heterocycles. The van der Waals surface area contributed by atoms with Crippen molar-refractivity contribution in [3.05, 3.63) is 0 Å². The molecule has 4 nitrogen and oxygen atoms in total. The number of hydrogen-bond acceptors (Lipinski definition) is 3. The third kappa shape index (κ3) is 4.94. The van der Waals surface area contributed by atoms with Gasteiger partial charge in [-0.15, -0.1) is 0 Å². The highest BCUT2D eigenvalue weighted by Crippen LogP contribution is 2.16. The van der Waals surface area contributed by atoms with Gasteiger partial charge >= 0.3 is 0 Å². The van der Waals surface area contributed by atoms with Crippen LogP contribution in [0.3, 0.4) is 0 Å². The number of likely N-dealkylation sites (tertiary alicyclic amines) is 1. The molecule has 1 unspecified atom stereocenters. The van der Waals surface area contributed by atoms with Gasteiger partial charge in [0.1, 0.15) is 0 Å². The van der Waals surface area contributed by atoms with Crippen molar-refractivity contribution in [1.82, 2.24) is 9.80 Å². The second-order valence-electron chi connectivity index (χ2n) is 5.34. The summed E-state index contributed by atoms with van der Waals surface area (Å²) in [6.07, 6.45) is 4.16. The summed E-state index contributed by atoms with van der Waals surface area (Å²) in [4.78, 5) is 16.2. The van der Waals surface area contributed by atoms with Crippen molar-refractivity contribution >= 4 is 5.91 Å². The quantitative estimate of drug-likeness (QED) is 0.676. The maximum Gasteiger partial charge on any atom is 0.222 e. The van der Waals surface area contributed by atoms with E-state index >= 15 is 0 Å². The molecule has 0 aromatic carbocycles. The summed E-state index contributed by atoms with van der Waals surface area (Å²) in [5.74, 6) is 0.683. The molecule has 2 N–H and O–H groups in total. The Labute approximate surface area is 111 Å². The minimum absolute atomic E-state index is 0.294. The Hall–Kier alpha value is -0.610. The first-order chi connectivity index (χ1) is 8.71. The molecule has 1 aliphatic heterocycles. The summed E-state index contributed by atoms with van der Waals surface area (Å²) in [6.45, 7) is 10.3. The molecule has 0 aromatic heterocycles. The number of nitrogens with two attached hydrogens (primary N) is 1. The van der Waals surface area contributed by atoms with Crippen molar-refractivity contribution in [3.8, 4) is 0 Å². The van der Waals surface area contributed by atoms with Crippen molar-refractivity contribution < 1.29 is 4.79 Å². The van der Waals surface area contributed by atoms with Crippen molar-refractivity contribution in [2.45, 2.75) is 39.5 Å². The lowest BCUT2D eigenvalue weighted by molar-refractivity contribution is -0.127. The topological polar surface area (TPSA) is 49.6 Å². The van der Waals surface area contributed by atoms with Crippen LogP contribution < -0.4 is 5.73 Å². The van der Waals surface area contributed by atoms with E-state index in [4.69, 9.17) is 5.73 Å². The van der Waals surface area contributed by atoms with Crippen LogP contribution >= 0.6 is 0 Å². The molecule has 0 bridgehead atoms. The monoisotopic (exact) mass is 255 g/mol. The molecule has 0 aromatic rings. The molecule has 106 valence electrons. The molecular formula is C14H29N3O. The predicted octanol–water partition coefficient (Wildman–Crippen LogP) is 1.31. The van der Waals surface area contributed by atoms with Gasteiger partial charge < -0.3 is 15.5 Å². The van der Waals surface area contributed by atoms with Crippen LogP contribution in [-0.2, 0) is 4.79 Å². The zero-order valence-corrected chi connectivity index (χ0v) is 12.0. The van der Waals surface area contributed by atoms with Crippen molar-refractivity contribution in [3.63, 3.8) is 0 Å². The van der Waals surface area contributed by atoms with Crippen LogP contribution in [0.15, 0.2) is 0 Å². The molecule has 1 saturated heterocycles. The number of rotatable bonds is 9. The average Bonchev–Trinajstić information content (AvgIpc) is 2.71. The highest BCUT2D eigenvalue weighted by atomic mass is 16.2. The fraction of sp³-hybridized carbons (Fsp3) is 0.929. The lowest BCUT2D eigenvalue weighted by Crippen LogP contribution is -2.32. The number of amides is 1. The van der Waals surface area contributed by atoms with Crippen LogP contribution in [0.1, 0.15) is 39.5 Å². The number of nitrogens with zero attached hydrogens (tertiary/aromatic N) is 2. The van der Waals surface area contributed by atoms with Gasteiger partial charge in [-0.25, -0.2) is 0 Å². The molecule has 0 radical (unpaired) electrons. The minimum atomic E-state index is 0.294. The second-order valence-corrected chi connectivity index (χ2v) is 5.34. The Morgan fingerprint density at radius 1 is 1.28 bits per heavy atom. The second kappa shape index (κ2) is 8.48. The van der Waals surface area contributed by atoms with Crippen molar-refractivity contribution in [2.75, 3.05) is 39.3 Å². The Balaban J connectivity index is 2.21. The number of carbonyl (C=O) groups excluding carboxylic acids is 1. The lowest BCUT2D eigenvalue weighted by atomic mass is 10.1. The Morgan fingerprint density at radius 3 is 2.44 bits per heavy atom. The van der Waals surface area contributed by atoms with Gasteiger partial charge in [0.2, 0.25) is 5.91 Å². The van der Waals surface area contributed by atoms with Crippen LogP contribution in [-0.4, -0.2) is 55.0 Å². The number of carbonyl (C=O) groups is 1. The fourth-order valence-electron chi connectivity index (χ4n) is 2.68. The van der Waals surface area contributed by atoms with E-state index in [1.807, 2.05) is 4.90 Å². The molecule has 0 spiro atoms. The van der Waals surface area contributed by atoms with Crippen LogP contribution in [0.5, 0.6) is 0 Å². The highest BCUT2D eigenvalue weighted by Gasteiger charge is 2.27. The predicted molar refractivity (Wildman–Crippen MR) is 75.4 cm³/mol. The molecule has 4 heteroatoms.